The van der Waals surface area contributed by atoms with Gasteiger partial charge in [-0.1, -0.05) is 0 Å². The van der Waals surface area contributed by atoms with Crippen LogP contribution in [0.2, 0.25) is 0 Å². The van der Waals surface area contributed by atoms with E-state index in [4.69, 9.17) is 10.8 Å². The van der Waals surface area contributed by atoms with E-state index in [0.717, 1.165) is 0 Å². The first-order valence-corrected chi connectivity index (χ1v) is 3.29. The Morgan fingerprint density at radius 3 is 2.82 bits per heavy atom. The van der Waals surface area contributed by atoms with Crippen molar-refractivity contribution in [3.8, 4) is 0 Å². The van der Waals surface area contributed by atoms with Crippen molar-refractivity contribution in [3.63, 3.8) is 0 Å². The van der Waals surface area contributed by atoms with Gasteiger partial charge in [-0.25, -0.2) is 0 Å². The molecule has 0 radical (unpaired) electrons. The van der Waals surface area contributed by atoms with Gasteiger partial charge in [0.15, 0.2) is 0 Å². The van der Waals surface area contributed by atoms with Gasteiger partial charge in [0.25, 0.3) is 0 Å². The molecule has 0 amide bonds. The Balaban J connectivity index is 2.49. The molecule has 2 atom stereocenters. The van der Waals surface area contributed by atoms with E-state index in [1.54, 1.807) is 0 Å². The van der Waals surface area contributed by atoms with Gasteiger partial charge in [-0.3, -0.25) is 9.59 Å². The fraction of sp³-hybridized carbons (Fsp3) is 0.667. The lowest BCUT2D eigenvalue weighted by molar-refractivity contribution is -0.147. The first kappa shape index (κ1) is 8.00. The number of carboxylic acid groups (broad SMARTS) is 1. The molecule has 1 heterocycles. The number of aliphatic carboxylic acids is 1. The lowest BCUT2D eigenvalue weighted by atomic mass is 10.1. The Morgan fingerprint density at radius 1 is 1.82 bits per heavy atom. The van der Waals surface area contributed by atoms with Crippen LogP contribution >= 0.6 is 0 Å². The highest BCUT2D eigenvalue weighted by Crippen LogP contribution is 2.15. The molecule has 1 aliphatic heterocycles. The van der Waals surface area contributed by atoms with Crippen molar-refractivity contribution in [2.75, 3.05) is 0 Å². The van der Waals surface area contributed by atoms with Gasteiger partial charge in [-0.05, 0) is 6.42 Å². The van der Waals surface area contributed by atoms with Gasteiger partial charge < -0.3 is 15.6 Å². The van der Waals surface area contributed by atoms with Crippen LogP contribution in [0.5, 0.6) is 0 Å². The summed E-state index contributed by atoms with van der Waals surface area (Å²) < 4.78 is 4.64. The van der Waals surface area contributed by atoms with Crippen LogP contribution in [0.3, 0.4) is 0 Å². The van der Waals surface area contributed by atoms with Gasteiger partial charge in [0.05, 0.1) is 0 Å². The second-order valence-corrected chi connectivity index (χ2v) is 2.43. The highest BCUT2D eigenvalue weighted by atomic mass is 16.6. The lowest BCUT2D eigenvalue weighted by Crippen LogP contribution is -2.41. The summed E-state index contributed by atoms with van der Waals surface area (Å²) in [6, 6.07) is -1.08. The van der Waals surface area contributed by atoms with Gasteiger partial charge in [0.1, 0.15) is 12.1 Å². The molecule has 0 saturated carbocycles. The highest BCUT2D eigenvalue weighted by Gasteiger charge is 2.32. The molecule has 11 heavy (non-hydrogen) atoms. The van der Waals surface area contributed by atoms with E-state index in [-0.39, 0.29) is 12.4 Å². The van der Waals surface area contributed by atoms with Gasteiger partial charge in [-0.15, -0.1) is 0 Å². The third-order valence-corrected chi connectivity index (χ3v) is 1.60. The number of carbonyl (C=O) groups excluding carboxylic acids is 1. The first-order chi connectivity index (χ1) is 5.11. The highest BCUT2D eigenvalue weighted by molar-refractivity contribution is 5.77. The Hall–Kier alpha value is -1.10. The number of nitrogens with two attached hydrogens (primary N) is 1. The van der Waals surface area contributed by atoms with Crippen LogP contribution < -0.4 is 5.73 Å². The number of cyclic esters (lactones) is 1. The quantitative estimate of drug-likeness (QED) is 0.510. The minimum Gasteiger partial charge on any atom is -0.480 e. The van der Waals surface area contributed by atoms with Crippen LogP contribution in [0.4, 0.5) is 0 Å². The largest absolute Gasteiger partial charge is 0.480 e. The summed E-state index contributed by atoms with van der Waals surface area (Å²) in [4.78, 5) is 20.8. The maximum atomic E-state index is 10.5. The number of carboxylic acids is 1. The Kier molecular flexibility index (Phi) is 2.09. The van der Waals surface area contributed by atoms with E-state index >= 15 is 0 Å². The van der Waals surface area contributed by atoms with Crippen molar-refractivity contribution in [1.29, 1.82) is 0 Å². The number of carbonyl (C=O) groups is 2. The van der Waals surface area contributed by atoms with Crippen molar-refractivity contribution in [2.24, 2.45) is 5.73 Å². The fourth-order valence-electron chi connectivity index (χ4n) is 0.959. The van der Waals surface area contributed by atoms with Gasteiger partial charge in [-0.2, -0.15) is 0 Å². The Bertz CT molecular complexity index is 191. The predicted octanol–water partition coefficient (Wildman–Crippen LogP) is -0.896. The molecule has 1 fully saturated rings. The van der Waals surface area contributed by atoms with Crippen molar-refractivity contribution in [2.45, 2.75) is 25.0 Å². The monoisotopic (exact) mass is 159 g/mol. The minimum absolute atomic E-state index is 0.269. The second kappa shape index (κ2) is 2.87. The number of hydrogen-bond acceptors (Lipinski definition) is 4. The third kappa shape index (κ3) is 1.68. The molecule has 62 valence electrons. The van der Waals surface area contributed by atoms with Crippen LogP contribution in [0.15, 0.2) is 0 Å². The second-order valence-electron chi connectivity index (χ2n) is 2.43. The van der Waals surface area contributed by atoms with Crippen molar-refractivity contribution >= 4 is 11.9 Å². The lowest BCUT2D eigenvalue weighted by Gasteiger charge is -2.12. The predicted molar refractivity (Wildman–Crippen MR) is 34.7 cm³/mol. The van der Waals surface area contributed by atoms with Crippen LogP contribution in [0.1, 0.15) is 12.8 Å². The zero-order chi connectivity index (χ0) is 8.43. The number of esters is 1. The van der Waals surface area contributed by atoms with Crippen LogP contribution in [0.25, 0.3) is 0 Å². The average molecular weight is 159 g/mol. The maximum absolute atomic E-state index is 10.5. The fourth-order valence-corrected chi connectivity index (χ4v) is 0.959. The van der Waals surface area contributed by atoms with E-state index in [9.17, 15) is 9.59 Å². The molecule has 0 spiro atoms. The molecule has 0 unspecified atom stereocenters. The molecule has 0 aromatic heterocycles. The third-order valence-electron chi connectivity index (χ3n) is 1.60. The summed E-state index contributed by atoms with van der Waals surface area (Å²) in [6.45, 7) is 0. The van der Waals surface area contributed by atoms with Crippen LogP contribution in [0, 0.1) is 0 Å². The standard InChI is InChI=1S/C6H9NO4/c7-5(6(9)10)3-1-2-4(8)11-3/h3,5H,1-2,7H2,(H,9,10)/t3-,5+/m1/s1. The van der Waals surface area contributed by atoms with E-state index in [1.807, 2.05) is 0 Å². The van der Waals surface area contributed by atoms with E-state index < -0.39 is 18.1 Å². The van der Waals surface area contributed by atoms with Gasteiger partial charge >= 0.3 is 11.9 Å². The normalized spacial score (nSPS) is 26.3. The molecule has 3 N–H and O–H groups in total. The summed E-state index contributed by atoms with van der Waals surface area (Å²) in [6.07, 6.45) is 0.0396. The van der Waals surface area contributed by atoms with Crippen molar-refractivity contribution in [3.05, 3.63) is 0 Å². The molecule has 1 aliphatic rings. The molecule has 5 nitrogen and oxygen atoms in total. The summed E-state index contributed by atoms with van der Waals surface area (Å²) >= 11 is 0. The van der Waals surface area contributed by atoms with E-state index in [0.29, 0.717) is 6.42 Å². The van der Waals surface area contributed by atoms with Gasteiger partial charge in [0.2, 0.25) is 0 Å². The molecule has 0 aromatic rings. The molecule has 0 aromatic carbocycles. The summed E-state index contributed by atoms with van der Waals surface area (Å²) in [7, 11) is 0. The molecule has 1 saturated heterocycles. The number of rotatable bonds is 2. The van der Waals surface area contributed by atoms with Crippen LogP contribution in [-0.2, 0) is 14.3 Å². The Labute approximate surface area is 63.1 Å². The summed E-state index contributed by atoms with van der Waals surface area (Å²) in [5.41, 5.74) is 5.21. The van der Waals surface area contributed by atoms with Crippen LogP contribution in [-0.4, -0.2) is 29.2 Å². The molecule has 5 heteroatoms. The maximum Gasteiger partial charge on any atom is 0.324 e. The average Bonchev–Trinajstić information content (AvgIpc) is 2.34. The minimum atomic E-state index is -1.13. The van der Waals surface area contributed by atoms with Crippen molar-refractivity contribution < 1.29 is 19.4 Å². The molecular formula is C6H9NO4. The molecular weight excluding hydrogens is 150 g/mol. The zero-order valence-electron chi connectivity index (χ0n) is 5.82. The van der Waals surface area contributed by atoms with Crippen molar-refractivity contribution in [1.82, 2.24) is 0 Å². The molecule has 0 bridgehead atoms. The van der Waals surface area contributed by atoms with Gasteiger partial charge in [0, 0.05) is 6.42 Å². The van der Waals surface area contributed by atoms with E-state index in [2.05, 4.69) is 4.74 Å². The number of ether oxygens (including phenoxy) is 1. The Morgan fingerprint density at radius 2 is 2.45 bits per heavy atom. The molecule has 0 aliphatic carbocycles. The molecule has 1 rings (SSSR count). The summed E-state index contributed by atoms with van der Waals surface area (Å²) in [5.74, 6) is -1.50. The summed E-state index contributed by atoms with van der Waals surface area (Å²) in [5, 5.41) is 8.41. The first-order valence-electron chi connectivity index (χ1n) is 3.29. The van der Waals surface area contributed by atoms with E-state index in [1.165, 1.54) is 0 Å². The topological polar surface area (TPSA) is 89.6 Å². The smallest absolute Gasteiger partial charge is 0.324 e. The number of hydrogen-bond donors (Lipinski definition) is 2. The zero-order valence-corrected chi connectivity index (χ0v) is 5.82. The SMILES string of the molecule is N[C@H](C(=O)O)[C@H]1CCC(=O)O1.